The zero-order valence-corrected chi connectivity index (χ0v) is 10.6. The maximum Gasteiger partial charge on any atom is 0.0804 e. The van der Waals surface area contributed by atoms with E-state index in [1.165, 1.54) is 5.56 Å². The summed E-state index contributed by atoms with van der Waals surface area (Å²) in [5, 5.41) is 10.1. The number of aryl methyl sites for hydroxylation is 1. The van der Waals surface area contributed by atoms with Crippen molar-refractivity contribution in [2.45, 2.75) is 32.8 Å². The van der Waals surface area contributed by atoms with Crippen LogP contribution in [0.1, 0.15) is 37.0 Å². The SMILES string of the molecule is CCCN(C)CCC(O)c1ccccc1C. The van der Waals surface area contributed by atoms with Crippen molar-refractivity contribution in [3.63, 3.8) is 0 Å². The highest BCUT2D eigenvalue weighted by Crippen LogP contribution is 2.20. The van der Waals surface area contributed by atoms with Crippen molar-refractivity contribution >= 4 is 0 Å². The fourth-order valence-electron chi connectivity index (χ4n) is 1.95. The van der Waals surface area contributed by atoms with Crippen LogP contribution in [0, 0.1) is 6.92 Å². The average molecular weight is 221 g/mol. The first-order valence-corrected chi connectivity index (χ1v) is 6.07. The van der Waals surface area contributed by atoms with E-state index in [9.17, 15) is 5.11 Å². The van der Waals surface area contributed by atoms with Gasteiger partial charge >= 0.3 is 0 Å². The van der Waals surface area contributed by atoms with Gasteiger partial charge in [0.05, 0.1) is 6.10 Å². The Balaban J connectivity index is 2.46. The van der Waals surface area contributed by atoms with Gasteiger partial charge in [-0.15, -0.1) is 0 Å². The Hall–Kier alpha value is -0.860. The second-order valence-corrected chi connectivity index (χ2v) is 4.46. The van der Waals surface area contributed by atoms with E-state index >= 15 is 0 Å². The highest BCUT2D eigenvalue weighted by atomic mass is 16.3. The number of rotatable bonds is 6. The predicted octanol–water partition coefficient (Wildman–Crippen LogP) is 2.76. The van der Waals surface area contributed by atoms with E-state index in [1.54, 1.807) is 0 Å². The standard InChI is InChI=1S/C14H23NO/c1-4-10-15(3)11-9-14(16)13-8-6-5-7-12(13)2/h5-8,14,16H,4,9-11H2,1-3H3. The molecule has 0 saturated carbocycles. The summed E-state index contributed by atoms with van der Waals surface area (Å²) in [5.41, 5.74) is 2.24. The number of benzene rings is 1. The first-order valence-electron chi connectivity index (χ1n) is 6.07. The number of aliphatic hydroxyl groups is 1. The molecule has 1 rings (SSSR count). The molecule has 16 heavy (non-hydrogen) atoms. The molecule has 0 aliphatic rings. The van der Waals surface area contributed by atoms with Crippen LogP contribution in [-0.4, -0.2) is 30.1 Å². The van der Waals surface area contributed by atoms with Crippen LogP contribution in [0.15, 0.2) is 24.3 Å². The molecule has 1 aromatic carbocycles. The van der Waals surface area contributed by atoms with Crippen LogP contribution in [0.3, 0.4) is 0 Å². The van der Waals surface area contributed by atoms with Gasteiger partial charge in [0, 0.05) is 6.54 Å². The summed E-state index contributed by atoms with van der Waals surface area (Å²) in [7, 11) is 2.11. The van der Waals surface area contributed by atoms with Crippen molar-refractivity contribution in [1.82, 2.24) is 4.90 Å². The molecule has 0 aromatic heterocycles. The van der Waals surface area contributed by atoms with Gasteiger partial charge in [-0.2, -0.15) is 0 Å². The van der Waals surface area contributed by atoms with Gasteiger partial charge < -0.3 is 10.0 Å². The van der Waals surface area contributed by atoms with Gasteiger partial charge in [0.1, 0.15) is 0 Å². The molecule has 0 bridgehead atoms. The molecule has 0 heterocycles. The van der Waals surface area contributed by atoms with E-state index in [0.717, 1.165) is 31.5 Å². The average Bonchev–Trinajstić information content (AvgIpc) is 2.27. The molecule has 2 heteroatoms. The van der Waals surface area contributed by atoms with E-state index in [1.807, 2.05) is 31.2 Å². The highest BCUT2D eigenvalue weighted by molar-refractivity contribution is 5.27. The lowest BCUT2D eigenvalue weighted by atomic mass is 10.0. The van der Waals surface area contributed by atoms with Gasteiger partial charge in [-0.05, 0) is 44.5 Å². The summed E-state index contributed by atoms with van der Waals surface area (Å²) in [6.45, 7) is 6.27. The largest absolute Gasteiger partial charge is 0.388 e. The van der Waals surface area contributed by atoms with E-state index in [4.69, 9.17) is 0 Å². The van der Waals surface area contributed by atoms with Crippen molar-refractivity contribution in [2.24, 2.45) is 0 Å². The highest BCUT2D eigenvalue weighted by Gasteiger charge is 2.10. The monoisotopic (exact) mass is 221 g/mol. The molecule has 0 aliphatic heterocycles. The van der Waals surface area contributed by atoms with E-state index in [2.05, 4.69) is 18.9 Å². The fourth-order valence-corrected chi connectivity index (χ4v) is 1.95. The second-order valence-electron chi connectivity index (χ2n) is 4.46. The van der Waals surface area contributed by atoms with Crippen LogP contribution in [0.25, 0.3) is 0 Å². The Kier molecular flexibility index (Phi) is 5.50. The van der Waals surface area contributed by atoms with Crippen LogP contribution in [-0.2, 0) is 0 Å². The van der Waals surface area contributed by atoms with Crippen molar-refractivity contribution in [3.05, 3.63) is 35.4 Å². The summed E-state index contributed by atoms with van der Waals surface area (Å²) in [4.78, 5) is 2.27. The minimum absolute atomic E-state index is 0.333. The Morgan fingerprint density at radius 3 is 2.56 bits per heavy atom. The van der Waals surface area contributed by atoms with E-state index in [-0.39, 0.29) is 6.10 Å². The Morgan fingerprint density at radius 2 is 1.94 bits per heavy atom. The second kappa shape index (κ2) is 6.66. The minimum atomic E-state index is -0.333. The lowest BCUT2D eigenvalue weighted by Crippen LogP contribution is -2.22. The molecule has 0 spiro atoms. The first-order chi connectivity index (χ1) is 7.65. The molecular weight excluding hydrogens is 198 g/mol. The Bertz CT molecular complexity index is 311. The van der Waals surface area contributed by atoms with E-state index < -0.39 is 0 Å². The minimum Gasteiger partial charge on any atom is -0.388 e. The van der Waals surface area contributed by atoms with Crippen molar-refractivity contribution in [1.29, 1.82) is 0 Å². The molecule has 90 valence electrons. The lowest BCUT2D eigenvalue weighted by Gasteiger charge is -2.19. The normalized spacial score (nSPS) is 13.1. The van der Waals surface area contributed by atoms with E-state index in [0.29, 0.717) is 0 Å². The third-order valence-electron chi connectivity index (χ3n) is 2.94. The summed E-state index contributed by atoms with van der Waals surface area (Å²) >= 11 is 0. The van der Waals surface area contributed by atoms with Crippen LogP contribution in [0.5, 0.6) is 0 Å². The maximum absolute atomic E-state index is 10.1. The smallest absolute Gasteiger partial charge is 0.0804 e. The topological polar surface area (TPSA) is 23.5 Å². The van der Waals surface area contributed by atoms with Crippen molar-refractivity contribution < 1.29 is 5.11 Å². The molecule has 0 radical (unpaired) electrons. The Morgan fingerprint density at radius 1 is 1.25 bits per heavy atom. The third kappa shape index (κ3) is 3.95. The molecular formula is C14H23NO. The maximum atomic E-state index is 10.1. The zero-order chi connectivity index (χ0) is 12.0. The summed E-state index contributed by atoms with van der Waals surface area (Å²) in [5.74, 6) is 0. The molecule has 1 atom stereocenters. The van der Waals surface area contributed by atoms with Gasteiger partial charge in [-0.3, -0.25) is 0 Å². The van der Waals surface area contributed by atoms with Gasteiger partial charge in [0.15, 0.2) is 0 Å². The van der Waals surface area contributed by atoms with Gasteiger partial charge in [0.2, 0.25) is 0 Å². The predicted molar refractivity (Wildman–Crippen MR) is 68.5 cm³/mol. The van der Waals surface area contributed by atoms with Gasteiger partial charge in [-0.25, -0.2) is 0 Å². The van der Waals surface area contributed by atoms with Crippen LogP contribution in [0.2, 0.25) is 0 Å². The molecule has 1 N–H and O–H groups in total. The summed E-state index contributed by atoms with van der Waals surface area (Å²) in [6.07, 6.45) is 1.64. The molecule has 1 unspecified atom stereocenters. The van der Waals surface area contributed by atoms with Gasteiger partial charge in [0.25, 0.3) is 0 Å². The van der Waals surface area contributed by atoms with Crippen molar-refractivity contribution in [2.75, 3.05) is 20.1 Å². The Labute approximate surface area is 98.9 Å². The summed E-state index contributed by atoms with van der Waals surface area (Å²) in [6, 6.07) is 8.06. The quantitative estimate of drug-likeness (QED) is 0.798. The third-order valence-corrected chi connectivity index (χ3v) is 2.94. The molecule has 2 nitrogen and oxygen atoms in total. The fraction of sp³-hybridized carbons (Fsp3) is 0.571. The van der Waals surface area contributed by atoms with Crippen molar-refractivity contribution in [3.8, 4) is 0 Å². The molecule has 1 aromatic rings. The van der Waals surface area contributed by atoms with Gasteiger partial charge in [-0.1, -0.05) is 31.2 Å². The van der Waals surface area contributed by atoms with Crippen LogP contribution >= 0.6 is 0 Å². The summed E-state index contributed by atoms with van der Waals surface area (Å²) < 4.78 is 0. The number of hydrogen-bond donors (Lipinski definition) is 1. The number of hydrogen-bond acceptors (Lipinski definition) is 2. The first kappa shape index (κ1) is 13.2. The number of aliphatic hydroxyl groups excluding tert-OH is 1. The van der Waals surface area contributed by atoms with Crippen LogP contribution in [0.4, 0.5) is 0 Å². The molecule has 0 fully saturated rings. The molecule has 0 aliphatic carbocycles. The zero-order valence-electron chi connectivity index (χ0n) is 10.6. The van der Waals surface area contributed by atoms with Crippen LogP contribution < -0.4 is 0 Å². The number of nitrogens with zero attached hydrogens (tertiary/aromatic N) is 1. The lowest BCUT2D eigenvalue weighted by molar-refractivity contribution is 0.148. The molecule has 0 amide bonds. The molecule has 0 saturated heterocycles.